The Morgan fingerprint density at radius 1 is 1.35 bits per heavy atom. The molecule has 2 aliphatic carbocycles. The van der Waals surface area contributed by atoms with E-state index in [0.717, 1.165) is 37.5 Å². The molecular formula is C16H21N3O. The summed E-state index contributed by atoms with van der Waals surface area (Å²) in [6.07, 6.45) is 5.85. The van der Waals surface area contributed by atoms with Crippen LogP contribution >= 0.6 is 0 Å². The Kier molecular flexibility index (Phi) is 2.50. The maximum atomic E-state index is 6.15. The maximum Gasteiger partial charge on any atom is 0.192 e. The van der Waals surface area contributed by atoms with E-state index in [4.69, 9.17) is 10.5 Å². The van der Waals surface area contributed by atoms with Gasteiger partial charge in [-0.2, -0.15) is 0 Å². The Labute approximate surface area is 119 Å². The highest BCUT2D eigenvalue weighted by atomic mass is 16.5. The predicted molar refractivity (Wildman–Crippen MR) is 79.1 cm³/mol. The number of hydrogen-bond donors (Lipinski definition) is 1. The number of methoxy groups -OCH3 is 1. The van der Waals surface area contributed by atoms with Crippen LogP contribution in [0.25, 0.3) is 0 Å². The number of benzene rings is 1. The highest BCUT2D eigenvalue weighted by Gasteiger charge is 2.49. The van der Waals surface area contributed by atoms with Gasteiger partial charge in [0.25, 0.3) is 0 Å². The maximum absolute atomic E-state index is 6.15. The van der Waals surface area contributed by atoms with E-state index in [9.17, 15) is 0 Å². The lowest BCUT2D eigenvalue weighted by atomic mass is 9.77. The number of aryl methyl sites for hydroxylation is 1. The molecule has 1 atom stereocenters. The number of guanidine groups is 1. The van der Waals surface area contributed by atoms with Gasteiger partial charge in [0.15, 0.2) is 5.96 Å². The standard InChI is InChI=1S/C16H21N3O/c1-20-14-5-2-11-6-7-16(9-12(11)8-14)10-18-15(17)19(16)13-3-4-13/h2,5,8,13H,3-4,6-7,9-10H2,1H3,(H2,17,18). The molecule has 106 valence electrons. The molecule has 1 aromatic rings. The highest BCUT2D eigenvalue weighted by molar-refractivity contribution is 5.82. The number of hydrogen-bond acceptors (Lipinski definition) is 4. The number of ether oxygens (including phenoxy) is 1. The molecule has 0 bridgehead atoms. The Morgan fingerprint density at radius 2 is 2.20 bits per heavy atom. The molecule has 1 aromatic carbocycles. The van der Waals surface area contributed by atoms with Gasteiger partial charge in [-0.15, -0.1) is 0 Å². The molecule has 0 aromatic heterocycles. The largest absolute Gasteiger partial charge is 0.497 e. The monoisotopic (exact) mass is 271 g/mol. The average molecular weight is 271 g/mol. The van der Waals surface area contributed by atoms with Crippen LogP contribution < -0.4 is 10.5 Å². The number of nitrogens with zero attached hydrogens (tertiary/aromatic N) is 2. The highest BCUT2D eigenvalue weighted by Crippen LogP contribution is 2.43. The Hall–Kier alpha value is -1.71. The quantitative estimate of drug-likeness (QED) is 0.891. The lowest BCUT2D eigenvalue weighted by Gasteiger charge is -2.43. The summed E-state index contributed by atoms with van der Waals surface area (Å²) < 4.78 is 5.37. The van der Waals surface area contributed by atoms with Crippen LogP contribution in [0.2, 0.25) is 0 Å². The molecular weight excluding hydrogens is 250 g/mol. The van der Waals surface area contributed by atoms with Crippen LogP contribution in [0.15, 0.2) is 23.2 Å². The van der Waals surface area contributed by atoms with Crippen molar-refractivity contribution < 1.29 is 4.74 Å². The number of nitrogens with two attached hydrogens (primary N) is 1. The van der Waals surface area contributed by atoms with Crippen molar-refractivity contribution >= 4 is 5.96 Å². The zero-order chi connectivity index (χ0) is 13.7. The van der Waals surface area contributed by atoms with Crippen LogP contribution in [0.3, 0.4) is 0 Å². The first-order chi connectivity index (χ1) is 9.72. The number of aliphatic imine (C=N–C) groups is 1. The van der Waals surface area contributed by atoms with Gasteiger partial charge < -0.3 is 15.4 Å². The van der Waals surface area contributed by atoms with E-state index in [1.807, 2.05) is 0 Å². The van der Waals surface area contributed by atoms with Crippen LogP contribution in [0, 0.1) is 0 Å². The third-order valence-corrected chi connectivity index (χ3v) is 5.00. The fourth-order valence-corrected chi connectivity index (χ4v) is 3.82. The van der Waals surface area contributed by atoms with E-state index in [0.29, 0.717) is 6.04 Å². The zero-order valence-corrected chi connectivity index (χ0v) is 11.9. The minimum absolute atomic E-state index is 0.130. The molecule has 2 N–H and O–H groups in total. The van der Waals surface area contributed by atoms with Crippen LogP contribution in [-0.4, -0.2) is 36.1 Å². The number of rotatable bonds is 2. The molecule has 1 saturated carbocycles. The van der Waals surface area contributed by atoms with E-state index >= 15 is 0 Å². The van der Waals surface area contributed by atoms with Crippen molar-refractivity contribution in [2.75, 3.05) is 13.7 Å². The van der Waals surface area contributed by atoms with Gasteiger partial charge in [-0.1, -0.05) is 6.07 Å². The van der Waals surface area contributed by atoms with Gasteiger partial charge in [0.05, 0.1) is 19.2 Å². The lowest BCUT2D eigenvalue weighted by Crippen LogP contribution is -2.55. The molecule has 1 heterocycles. The Morgan fingerprint density at radius 3 is 2.95 bits per heavy atom. The molecule has 1 unspecified atom stereocenters. The first-order valence-electron chi connectivity index (χ1n) is 7.47. The van der Waals surface area contributed by atoms with Crippen molar-refractivity contribution in [3.05, 3.63) is 29.3 Å². The molecule has 3 aliphatic rings. The third-order valence-electron chi connectivity index (χ3n) is 5.00. The van der Waals surface area contributed by atoms with Gasteiger partial charge in [-0.25, -0.2) is 0 Å². The second-order valence-electron chi connectivity index (χ2n) is 6.31. The minimum Gasteiger partial charge on any atom is -0.497 e. The van der Waals surface area contributed by atoms with E-state index in [2.05, 4.69) is 28.1 Å². The van der Waals surface area contributed by atoms with Crippen molar-refractivity contribution in [2.45, 2.75) is 43.7 Å². The lowest BCUT2D eigenvalue weighted by molar-refractivity contribution is 0.168. The van der Waals surface area contributed by atoms with Gasteiger partial charge in [-0.05, 0) is 55.4 Å². The molecule has 20 heavy (non-hydrogen) atoms. The van der Waals surface area contributed by atoms with Crippen LogP contribution in [0.1, 0.15) is 30.4 Å². The van der Waals surface area contributed by atoms with Crippen molar-refractivity contribution in [1.82, 2.24) is 4.90 Å². The molecule has 1 fully saturated rings. The Balaban J connectivity index is 1.68. The third kappa shape index (κ3) is 1.70. The topological polar surface area (TPSA) is 50.9 Å². The summed E-state index contributed by atoms with van der Waals surface area (Å²) in [4.78, 5) is 6.99. The van der Waals surface area contributed by atoms with Crippen molar-refractivity contribution in [3.63, 3.8) is 0 Å². The van der Waals surface area contributed by atoms with E-state index < -0.39 is 0 Å². The van der Waals surface area contributed by atoms with Crippen molar-refractivity contribution in [2.24, 2.45) is 10.7 Å². The summed E-state index contributed by atoms with van der Waals surface area (Å²) in [5.74, 6) is 1.71. The summed E-state index contributed by atoms with van der Waals surface area (Å²) in [5, 5.41) is 0. The van der Waals surface area contributed by atoms with Crippen LogP contribution in [0.5, 0.6) is 5.75 Å². The smallest absolute Gasteiger partial charge is 0.192 e. The first-order valence-corrected chi connectivity index (χ1v) is 7.47. The molecule has 0 saturated heterocycles. The van der Waals surface area contributed by atoms with Gasteiger partial charge in [0, 0.05) is 6.04 Å². The van der Waals surface area contributed by atoms with Crippen LogP contribution in [0.4, 0.5) is 0 Å². The normalized spacial score (nSPS) is 28.4. The summed E-state index contributed by atoms with van der Waals surface area (Å²) in [5.41, 5.74) is 9.15. The van der Waals surface area contributed by atoms with Gasteiger partial charge >= 0.3 is 0 Å². The summed E-state index contributed by atoms with van der Waals surface area (Å²) >= 11 is 0. The van der Waals surface area contributed by atoms with E-state index in [-0.39, 0.29) is 5.54 Å². The SMILES string of the molecule is COc1ccc2c(c1)CC1(CC2)CN=C(N)N1C1CC1. The fourth-order valence-electron chi connectivity index (χ4n) is 3.82. The molecule has 4 rings (SSSR count). The summed E-state index contributed by atoms with van der Waals surface area (Å²) in [6, 6.07) is 7.10. The Bertz CT molecular complexity index is 579. The first kappa shape index (κ1) is 12.1. The number of fused-ring (bicyclic) bond motifs is 1. The summed E-state index contributed by atoms with van der Waals surface area (Å²) in [7, 11) is 1.73. The second-order valence-corrected chi connectivity index (χ2v) is 6.31. The van der Waals surface area contributed by atoms with E-state index in [1.165, 1.54) is 24.0 Å². The fraction of sp³-hybridized carbons (Fsp3) is 0.562. The minimum atomic E-state index is 0.130. The molecule has 4 heteroatoms. The predicted octanol–water partition coefficient (Wildman–Crippen LogP) is 1.72. The average Bonchev–Trinajstić information content (AvgIpc) is 3.25. The van der Waals surface area contributed by atoms with Gasteiger partial charge in [0.1, 0.15) is 5.75 Å². The van der Waals surface area contributed by atoms with Gasteiger partial charge in [0.2, 0.25) is 0 Å². The molecule has 1 aliphatic heterocycles. The second kappa shape index (κ2) is 4.14. The van der Waals surface area contributed by atoms with Gasteiger partial charge in [-0.3, -0.25) is 4.99 Å². The van der Waals surface area contributed by atoms with Crippen molar-refractivity contribution in [1.29, 1.82) is 0 Å². The molecule has 4 nitrogen and oxygen atoms in total. The van der Waals surface area contributed by atoms with Crippen molar-refractivity contribution in [3.8, 4) is 5.75 Å². The molecule has 0 radical (unpaired) electrons. The molecule has 1 spiro atoms. The van der Waals surface area contributed by atoms with Crippen LogP contribution in [-0.2, 0) is 12.8 Å². The molecule has 0 amide bonds. The summed E-state index contributed by atoms with van der Waals surface area (Å²) in [6.45, 7) is 0.853. The van der Waals surface area contributed by atoms with E-state index in [1.54, 1.807) is 7.11 Å². The zero-order valence-electron chi connectivity index (χ0n) is 11.9.